The molecule has 1 aromatic rings. The second-order valence-corrected chi connectivity index (χ2v) is 6.31. The number of rotatable bonds is 4. The molecule has 0 amide bonds. The molecule has 1 aromatic carbocycles. The Morgan fingerprint density at radius 3 is 2.20 bits per heavy atom. The molecular weight excluding hydrogens is 324 g/mol. The lowest BCUT2D eigenvalue weighted by Crippen LogP contribution is -2.37. The van der Waals surface area contributed by atoms with Crippen molar-refractivity contribution in [1.82, 2.24) is 0 Å². The van der Waals surface area contributed by atoms with E-state index >= 15 is 0 Å². The van der Waals surface area contributed by atoms with E-state index in [4.69, 9.17) is 9.47 Å². The summed E-state index contributed by atoms with van der Waals surface area (Å²) in [5.74, 6) is -0.800. The summed E-state index contributed by atoms with van der Waals surface area (Å²) in [5, 5.41) is 0. The van der Waals surface area contributed by atoms with E-state index in [1.54, 1.807) is 14.2 Å². The van der Waals surface area contributed by atoms with Crippen LogP contribution in [0.4, 0.5) is 0 Å². The van der Waals surface area contributed by atoms with Gasteiger partial charge in [-0.15, -0.1) is 0 Å². The SMILES string of the molecule is COC(OC)(c1cccc(C)c1)C(Br)Br. The Morgan fingerprint density at radius 2 is 1.80 bits per heavy atom. The van der Waals surface area contributed by atoms with Crippen LogP contribution in [0.3, 0.4) is 0 Å². The molecule has 0 aliphatic carbocycles. The van der Waals surface area contributed by atoms with E-state index in [9.17, 15) is 0 Å². The zero-order chi connectivity index (χ0) is 11.5. The minimum Gasteiger partial charge on any atom is -0.348 e. The van der Waals surface area contributed by atoms with Gasteiger partial charge in [-0.1, -0.05) is 61.7 Å². The van der Waals surface area contributed by atoms with Crippen LogP contribution >= 0.6 is 31.9 Å². The lowest BCUT2D eigenvalue weighted by atomic mass is 10.0. The number of benzene rings is 1. The molecule has 15 heavy (non-hydrogen) atoms. The number of methoxy groups -OCH3 is 2. The molecule has 0 spiro atoms. The molecule has 0 saturated heterocycles. The Morgan fingerprint density at radius 1 is 1.20 bits per heavy atom. The first kappa shape index (κ1) is 13.2. The Labute approximate surface area is 107 Å². The summed E-state index contributed by atoms with van der Waals surface area (Å²) in [6.07, 6.45) is 0. The molecule has 0 N–H and O–H groups in total. The van der Waals surface area contributed by atoms with Gasteiger partial charge in [-0.25, -0.2) is 0 Å². The van der Waals surface area contributed by atoms with Crippen molar-refractivity contribution in [2.45, 2.75) is 16.4 Å². The lowest BCUT2D eigenvalue weighted by molar-refractivity contribution is -0.201. The average molecular weight is 338 g/mol. The average Bonchev–Trinajstić information content (AvgIpc) is 2.20. The summed E-state index contributed by atoms with van der Waals surface area (Å²) in [6, 6.07) is 8.05. The molecule has 0 fully saturated rings. The van der Waals surface area contributed by atoms with Gasteiger partial charge in [0.15, 0.2) is 0 Å². The molecule has 84 valence electrons. The summed E-state index contributed by atoms with van der Waals surface area (Å²) >= 11 is 6.89. The first-order valence-corrected chi connectivity index (χ1v) is 6.35. The molecule has 1 rings (SSSR count). The topological polar surface area (TPSA) is 18.5 Å². The van der Waals surface area contributed by atoms with Gasteiger partial charge in [0.25, 0.3) is 0 Å². The highest BCUT2D eigenvalue weighted by molar-refractivity contribution is 9.24. The molecule has 0 atom stereocenters. The number of aryl methyl sites for hydroxylation is 1. The van der Waals surface area contributed by atoms with Crippen LogP contribution in [-0.4, -0.2) is 18.0 Å². The Kier molecular flexibility index (Phi) is 4.77. The number of ether oxygens (including phenoxy) is 2. The molecule has 0 heterocycles. The molecule has 0 aliphatic rings. The minimum absolute atomic E-state index is 0.116. The zero-order valence-electron chi connectivity index (χ0n) is 8.96. The molecule has 4 heteroatoms. The fourth-order valence-corrected chi connectivity index (χ4v) is 2.76. The van der Waals surface area contributed by atoms with Crippen LogP contribution in [0, 0.1) is 6.92 Å². The fraction of sp³-hybridized carbons (Fsp3) is 0.455. The summed E-state index contributed by atoms with van der Waals surface area (Å²) in [4.78, 5) is 0. The maximum Gasteiger partial charge on any atom is 0.217 e. The van der Waals surface area contributed by atoms with E-state index in [0.29, 0.717) is 0 Å². The van der Waals surface area contributed by atoms with E-state index in [-0.39, 0.29) is 3.74 Å². The van der Waals surface area contributed by atoms with Gasteiger partial charge in [0.05, 0.1) is 0 Å². The van der Waals surface area contributed by atoms with Gasteiger partial charge in [0, 0.05) is 19.8 Å². The maximum atomic E-state index is 5.47. The molecule has 0 saturated carbocycles. The van der Waals surface area contributed by atoms with E-state index in [1.165, 1.54) is 5.56 Å². The summed E-state index contributed by atoms with van der Waals surface area (Å²) < 4.78 is 10.8. The molecule has 0 bridgehead atoms. The highest BCUT2D eigenvalue weighted by Gasteiger charge is 2.38. The van der Waals surface area contributed by atoms with Gasteiger partial charge < -0.3 is 9.47 Å². The van der Waals surface area contributed by atoms with Crippen molar-refractivity contribution in [3.8, 4) is 0 Å². The van der Waals surface area contributed by atoms with Crippen molar-refractivity contribution in [3.63, 3.8) is 0 Å². The Hall–Kier alpha value is 0.1000. The first-order chi connectivity index (χ1) is 7.06. The van der Waals surface area contributed by atoms with Gasteiger partial charge in [-0.2, -0.15) is 0 Å². The van der Waals surface area contributed by atoms with E-state index in [1.807, 2.05) is 31.2 Å². The standard InChI is InChI=1S/C11H14Br2O2/c1-8-5-4-6-9(7-8)11(14-2,15-3)10(12)13/h4-7,10H,1-3H3. The normalized spacial score (nSPS) is 12.1. The van der Waals surface area contributed by atoms with Gasteiger partial charge >= 0.3 is 0 Å². The highest BCUT2D eigenvalue weighted by atomic mass is 79.9. The first-order valence-electron chi connectivity index (χ1n) is 4.52. The van der Waals surface area contributed by atoms with E-state index in [2.05, 4.69) is 31.9 Å². The predicted molar refractivity (Wildman–Crippen MR) is 68.5 cm³/mol. The second-order valence-electron chi connectivity index (χ2n) is 3.25. The lowest BCUT2D eigenvalue weighted by Gasteiger charge is -2.33. The fourth-order valence-electron chi connectivity index (χ4n) is 1.49. The molecule has 2 nitrogen and oxygen atoms in total. The van der Waals surface area contributed by atoms with Crippen LogP contribution in [0.25, 0.3) is 0 Å². The van der Waals surface area contributed by atoms with Crippen LogP contribution in [0.1, 0.15) is 11.1 Å². The van der Waals surface area contributed by atoms with Crippen LogP contribution in [0.15, 0.2) is 24.3 Å². The van der Waals surface area contributed by atoms with Crippen molar-refractivity contribution in [1.29, 1.82) is 0 Å². The van der Waals surface area contributed by atoms with Crippen LogP contribution < -0.4 is 0 Å². The second kappa shape index (κ2) is 5.43. The number of hydrogen-bond donors (Lipinski definition) is 0. The third-order valence-corrected chi connectivity index (χ3v) is 3.52. The van der Waals surface area contributed by atoms with Gasteiger partial charge in [-0.05, 0) is 6.92 Å². The monoisotopic (exact) mass is 336 g/mol. The van der Waals surface area contributed by atoms with Gasteiger partial charge in [-0.3, -0.25) is 0 Å². The van der Waals surface area contributed by atoms with Crippen LogP contribution in [0.2, 0.25) is 0 Å². The zero-order valence-corrected chi connectivity index (χ0v) is 12.1. The quantitative estimate of drug-likeness (QED) is 0.618. The third-order valence-electron chi connectivity index (χ3n) is 2.31. The van der Waals surface area contributed by atoms with Crippen LogP contribution in [0.5, 0.6) is 0 Å². The number of alkyl halides is 2. The highest BCUT2D eigenvalue weighted by Crippen LogP contribution is 2.37. The molecular formula is C11H14Br2O2. The smallest absolute Gasteiger partial charge is 0.217 e. The van der Waals surface area contributed by atoms with Crippen LogP contribution in [-0.2, 0) is 15.3 Å². The largest absolute Gasteiger partial charge is 0.348 e. The summed E-state index contributed by atoms with van der Waals surface area (Å²) in [6.45, 7) is 2.04. The minimum atomic E-state index is -0.800. The Bertz CT molecular complexity index is 322. The van der Waals surface area contributed by atoms with Crippen molar-refractivity contribution in [2.75, 3.05) is 14.2 Å². The summed E-state index contributed by atoms with van der Waals surface area (Å²) in [7, 11) is 3.25. The molecule has 0 unspecified atom stereocenters. The van der Waals surface area contributed by atoms with Crippen molar-refractivity contribution < 1.29 is 9.47 Å². The van der Waals surface area contributed by atoms with Crippen molar-refractivity contribution in [2.24, 2.45) is 0 Å². The van der Waals surface area contributed by atoms with Crippen molar-refractivity contribution >= 4 is 31.9 Å². The Balaban J connectivity index is 3.20. The summed E-state index contributed by atoms with van der Waals surface area (Å²) in [5.41, 5.74) is 2.15. The predicted octanol–water partition coefficient (Wildman–Crippen LogP) is 3.56. The number of halogens is 2. The number of hydrogen-bond acceptors (Lipinski definition) is 2. The van der Waals surface area contributed by atoms with E-state index in [0.717, 1.165) is 5.56 Å². The third kappa shape index (κ3) is 2.61. The van der Waals surface area contributed by atoms with Gasteiger partial charge in [0.2, 0.25) is 5.79 Å². The van der Waals surface area contributed by atoms with Gasteiger partial charge in [0.1, 0.15) is 3.74 Å². The van der Waals surface area contributed by atoms with Crippen molar-refractivity contribution in [3.05, 3.63) is 35.4 Å². The van der Waals surface area contributed by atoms with E-state index < -0.39 is 5.79 Å². The molecule has 0 radical (unpaired) electrons. The molecule has 0 aliphatic heterocycles. The maximum absolute atomic E-state index is 5.47. The molecule has 0 aromatic heterocycles.